The first kappa shape index (κ1) is 18.7. The smallest absolute Gasteiger partial charge is 0.320 e. The highest BCUT2D eigenvalue weighted by Crippen LogP contribution is 2.28. The quantitative estimate of drug-likeness (QED) is 0.554. The van der Waals surface area contributed by atoms with Gasteiger partial charge in [0.2, 0.25) is 5.88 Å². The largest absolute Gasteiger partial charge is 0.481 e. The van der Waals surface area contributed by atoms with Crippen LogP contribution >= 0.6 is 0 Å². The number of carboxylic acids is 1. The Kier molecular flexibility index (Phi) is 5.60. The van der Waals surface area contributed by atoms with Crippen LogP contribution in [0.5, 0.6) is 5.88 Å². The molecule has 0 bridgehead atoms. The fourth-order valence-electron chi connectivity index (χ4n) is 3.19. The predicted molar refractivity (Wildman–Crippen MR) is 99.3 cm³/mol. The molecular weight excluding hydrogens is 348 g/mol. The van der Waals surface area contributed by atoms with Crippen molar-refractivity contribution in [2.75, 3.05) is 19.4 Å². The molecule has 0 saturated carbocycles. The van der Waals surface area contributed by atoms with Gasteiger partial charge in [-0.2, -0.15) is 0 Å². The number of anilines is 1. The molecule has 3 heterocycles. The summed E-state index contributed by atoms with van der Waals surface area (Å²) < 4.78 is 5.06. The Morgan fingerprint density at radius 3 is 2.81 bits per heavy atom. The summed E-state index contributed by atoms with van der Waals surface area (Å²) in [4.78, 5) is 24.2. The van der Waals surface area contributed by atoms with Crippen molar-refractivity contribution >= 4 is 18.0 Å². The van der Waals surface area contributed by atoms with E-state index < -0.39 is 17.9 Å². The van der Waals surface area contributed by atoms with Crippen LogP contribution in [0.25, 0.3) is 0 Å². The molecule has 0 amide bonds. The Morgan fingerprint density at radius 1 is 1.44 bits per heavy atom. The molecule has 2 aromatic heterocycles. The molecule has 5 N–H and O–H groups in total. The van der Waals surface area contributed by atoms with Crippen LogP contribution in [-0.2, 0) is 4.79 Å². The van der Waals surface area contributed by atoms with Crippen molar-refractivity contribution in [3.05, 3.63) is 41.5 Å². The van der Waals surface area contributed by atoms with Gasteiger partial charge in [-0.25, -0.2) is 15.0 Å². The van der Waals surface area contributed by atoms with Gasteiger partial charge in [0.15, 0.2) is 0 Å². The average molecular weight is 370 g/mol. The minimum atomic E-state index is -0.841. The van der Waals surface area contributed by atoms with Crippen molar-refractivity contribution in [2.24, 2.45) is 0 Å². The van der Waals surface area contributed by atoms with Gasteiger partial charge in [0.1, 0.15) is 17.7 Å². The SMILES string of the molecule is COc1ccc(C(C=N)c2nc(N)cc(C3CCC(C(=O)O)NC3)n2)cn1. The molecule has 2 aromatic rings. The number of carboxylic acid groups (broad SMARTS) is 1. The van der Waals surface area contributed by atoms with E-state index in [0.29, 0.717) is 36.9 Å². The van der Waals surface area contributed by atoms with E-state index >= 15 is 0 Å². The van der Waals surface area contributed by atoms with E-state index in [0.717, 1.165) is 11.3 Å². The van der Waals surface area contributed by atoms with Crippen molar-refractivity contribution < 1.29 is 14.6 Å². The highest BCUT2D eigenvalue weighted by molar-refractivity contribution is 5.73. The number of pyridine rings is 1. The summed E-state index contributed by atoms with van der Waals surface area (Å²) in [6.07, 6.45) is 4.09. The zero-order chi connectivity index (χ0) is 19.4. The van der Waals surface area contributed by atoms with Gasteiger partial charge in [0, 0.05) is 37.0 Å². The van der Waals surface area contributed by atoms with Crippen molar-refractivity contribution in [3.8, 4) is 5.88 Å². The number of piperidine rings is 1. The molecule has 3 unspecified atom stereocenters. The lowest BCUT2D eigenvalue weighted by molar-refractivity contribution is -0.140. The number of nitrogens with two attached hydrogens (primary N) is 1. The Balaban J connectivity index is 1.85. The lowest BCUT2D eigenvalue weighted by Gasteiger charge is -2.27. The second-order valence-corrected chi connectivity index (χ2v) is 6.43. The highest BCUT2D eigenvalue weighted by Gasteiger charge is 2.28. The number of rotatable bonds is 6. The van der Waals surface area contributed by atoms with Crippen molar-refractivity contribution in [3.63, 3.8) is 0 Å². The number of nitrogens with one attached hydrogen (secondary N) is 2. The molecule has 0 aromatic carbocycles. The van der Waals surface area contributed by atoms with E-state index in [4.69, 9.17) is 21.0 Å². The minimum absolute atomic E-state index is 0.0463. The third-order valence-corrected chi connectivity index (χ3v) is 4.69. The van der Waals surface area contributed by atoms with E-state index in [1.54, 1.807) is 18.3 Å². The summed E-state index contributed by atoms with van der Waals surface area (Å²) in [6, 6.07) is 4.72. The van der Waals surface area contributed by atoms with E-state index in [1.165, 1.54) is 13.3 Å². The fraction of sp³-hybridized carbons (Fsp3) is 0.389. The van der Waals surface area contributed by atoms with Gasteiger partial charge in [0.05, 0.1) is 18.7 Å². The normalized spacial score (nSPS) is 20.6. The maximum absolute atomic E-state index is 11.1. The summed E-state index contributed by atoms with van der Waals surface area (Å²) in [5.41, 5.74) is 7.49. The number of nitrogen functional groups attached to an aromatic ring is 1. The zero-order valence-corrected chi connectivity index (χ0v) is 14.9. The van der Waals surface area contributed by atoms with Gasteiger partial charge in [-0.1, -0.05) is 6.07 Å². The topological polar surface area (TPSA) is 147 Å². The summed E-state index contributed by atoms with van der Waals surface area (Å²) in [6.45, 7) is 0.506. The van der Waals surface area contributed by atoms with Crippen molar-refractivity contribution in [2.45, 2.75) is 30.7 Å². The number of hydrogen-bond donors (Lipinski definition) is 4. The number of ether oxygens (including phenoxy) is 1. The summed E-state index contributed by atoms with van der Waals surface area (Å²) >= 11 is 0. The minimum Gasteiger partial charge on any atom is -0.481 e. The third-order valence-electron chi connectivity index (χ3n) is 4.69. The van der Waals surface area contributed by atoms with Crippen LogP contribution in [0.15, 0.2) is 24.4 Å². The van der Waals surface area contributed by atoms with Crippen LogP contribution in [0.3, 0.4) is 0 Å². The van der Waals surface area contributed by atoms with Gasteiger partial charge in [-0.3, -0.25) is 4.79 Å². The highest BCUT2D eigenvalue weighted by atomic mass is 16.5. The Labute approximate surface area is 156 Å². The molecule has 0 aliphatic carbocycles. The molecule has 3 rings (SSSR count). The van der Waals surface area contributed by atoms with Crippen LogP contribution in [0.1, 0.15) is 41.8 Å². The van der Waals surface area contributed by atoms with Crippen LogP contribution < -0.4 is 15.8 Å². The van der Waals surface area contributed by atoms with Gasteiger partial charge in [-0.15, -0.1) is 0 Å². The van der Waals surface area contributed by atoms with Gasteiger partial charge >= 0.3 is 5.97 Å². The standard InChI is InChI=1S/C18H22N6O3/c1-27-16-5-3-10(8-22-16)12(7-19)17-23-14(6-15(20)24-17)11-2-4-13(18(25)26)21-9-11/h3,5-8,11-13,19,21H,2,4,9H2,1H3,(H,25,26)(H2,20,23,24). The number of methoxy groups -OCH3 is 1. The molecule has 1 aliphatic rings. The van der Waals surface area contributed by atoms with Gasteiger partial charge in [-0.05, 0) is 18.4 Å². The van der Waals surface area contributed by atoms with E-state index in [1.807, 2.05) is 6.07 Å². The first-order valence-electron chi connectivity index (χ1n) is 8.63. The lowest BCUT2D eigenvalue weighted by Crippen LogP contribution is -2.43. The number of nitrogens with zero attached hydrogens (tertiary/aromatic N) is 3. The van der Waals surface area contributed by atoms with E-state index in [2.05, 4.69) is 20.3 Å². The Hall–Kier alpha value is -3.07. The summed E-state index contributed by atoms with van der Waals surface area (Å²) in [5, 5.41) is 19.9. The predicted octanol–water partition coefficient (Wildman–Crippen LogP) is 1.16. The van der Waals surface area contributed by atoms with Gasteiger partial charge < -0.3 is 26.3 Å². The van der Waals surface area contributed by atoms with Crippen LogP contribution in [-0.4, -0.2) is 51.9 Å². The molecule has 3 atom stereocenters. The maximum Gasteiger partial charge on any atom is 0.320 e. The van der Waals surface area contributed by atoms with E-state index in [9.17, 15) is 4.79 Å². The van der Waals surface area contributed by atoms with Crippen molar-refractivity contribution in [1.29, 1.82) is 5.41 Å². The number of hydrogen-bond acceptors (Lipinski definition) is 8. The average Bonchev–Trinajstić information content (AvgIpc) is 2.69. The number of aromatic nitrogens is 3. The zero-order valence-electron chi connectivity index (χ0n) is 14.9. The molecule has 0 radical (unpaired) electrons. The number of aliphatic carboxylic acids is 1. The second-order valence-electron chi connectivity index (χ2n) is 6.43. The lowest BCUT2D eigenvalue weighted by atomic mass is 9.91. The molecule has 1 aliphatic heterocycles. The molecule has 1 fully saturated rings. The summed E-state index contributed by atoms with van der Waals surface area (Å²) in [5.74, 6) is -0.0415. The fourth-order valence-corrected chi connectivity index (χ4v) is 3.19. The molecular formula is C18H22N6O3. The monoisotopic (exact) mass is 370 g/mol. The van der Waals surface area contributed by atoms with E-state index in [-0.39, 0.29) is 5.92 Å². The third kappa shape index (κ3) is 4.20. The first-order valence-corrected chi connectivity index (χ1v) is 8.63. The molecule has 9 nitrogen and oxygen atoms in total. The Morgan fingerprint density at radius 2 is 2.26 bits per heavy atom. The molecule has 142 valence electrons. The summed E-state index contributed by atoms with van der Waals surface area (Å²) in [7, 11) is 1.54. The Bertz CT molecular complexity index is 818. The van der Waals surface area contributed by atoms with Crippen LogP contribution in [0, 0.1) is 5.41 Å². The molecule has 1 saturated heterocycles. The maximum atomic E-state index is 11.1. The van der Waals surface area contributed by atoms with Crippen molar-refractivity contribution in [1.82, 2.24) is 20.3 Å². The van der Waals surface area contributed by atoms with Crippen LogP contribution in [0.2, 0.25) is 0 Å². The first-order chi connectivity index (χ1) is 13.0. The number of carbonyl (C=O) groups is 1. The molecule has 9 heteroatoms. The molecule has 27 heavy (non-hydrogen) atoms. The second kappa shape index (κ2) is 8.09. The van der Waals surface area contributed by atoms with Gasteiger partial charge in [0.25, 0.3) is 0 Å². The van der Waals surface area contributed by atoms with Crippen LogP contribution in [0.4, 0.5) is 5.82 Å². The molecule has 0 spiro atoms.